The first kappa shape index (κ1) is 19.1. The molecule has 1 aliphatic carbocycles. The highest BCUT2D eigenvalue weighted by Gasteiger charge is 2.26. The van der Waals surface area contributed by atoms with Crippen molar-refractivity contribution >= 4 is 14.2 Å². The van der Waals surface area contributed by atoms with Gasteiger partial charge in [-0.2, -0.15) is 0 Å². The van der Waals surface area contributed by atoms with Gasteiger partial charge >= 0.3 is 6.09 Å². The Morgan fingerprint density at radius 2 is 1.82 bits per heavy atom. The molecule has 0 aromatic heterocycles. The minimum Gasteiger partial charge on any atom is -0.444 e. The standard InChI is InChI=1S/C18H33NO2Si/c1-18(2,3)21-17(20)19-16(13-10-14-22(4,5)6)15-11-8-7-9-12-15/h15-16H,7-9,11-13H2,1-6H3,(H,19,20)/t16-/m1/s1. The molecule has 0 saturated heterocycles. The second-order valence-electron chi connectivity index (χ2n) is 8.41. The summed E-state index contributed by atoms with van der Waals surface area (Å²) in [6, 6.07) is 0.124. The smallest absolute Gasteiger partial charge is 0.407 e. The van der Waals surface area contributed by atoms with Crippen LogP contribution in [0.5, 0.6) is 0 Å². The molecular weight excluding hydrogens is 290 g/mol. The number of ether oxygens (including phenoxy) is 1. The van der Waals surface area contributed by atoms with Crippen LogP contribution < -0.4 is 5.32 Å². The number of hydrogen-bond acceptors (Lipinski definition) is 2. The first-order chi connectivity index (χ1) is 10.1. The van der Waals surface area contributed by atoms with Crippen molar-refractivity contribution in [1.82, 2.24) is 5.32 Å². The van der Waals surface area contributed by atoms with Crippen molar-refractivity contribution in [2.75, 3.05) is 0 Å². The second-order valence-corrected chi connectivity index (χ2v) is 13.2. The summed E-state index contributed by atoms with van der Waals surface area (Å²) < 4.78 is 5.42. The van der Waals surface area contributed by atoms with Crippen molar-refractivity contribution in [2.45, 2.75) is 90.6 Å². The van der Waals surface area contributed by atoms with Gasteiger partial charge in [-0.15, -0.1) is 11.5 Å². The van der Waals surface area contributed by atoms with E-state index in [9.17, 15) is 4.79 Å². The van der Waals surface area contributed by atoms with Gasteiger partial charge in [0.2, 0.25) is 0 Å². The van der Waals surface area contributed by atoms with Gasteiger partial charge in [-0.05, 0) is 39.5 Å². The van der Waals surface area contributed by atoms with Crippen LogP contribution in [0.25, 0.3) is 0 Å². The van der Waals surface area contributed by atoms with Crippen molar-refractivity contribution in [3.8, 4) is 11.5 Å². The van der Waals surface area contributed by atoms with Gasteiger partial charge in [0.25, 0.3) is 0 Å². The minimum atomic E-state index is -1.36. The molecule has 0 aromatic rings. The quantitative estimate of drug-likeness (QED) is 0.602. The normalized spacial score (nSPS) is 18.1. The third kappa shape index (κ3) is 8.48. The summed E-state index contributed by atoms with van der Waals surface area (Å²) in [7, 11) is -1.36. The summed E-state index contributed by atoms with van der Waals surface area (Å²) in [4.78, 5) is 12.1. The summed E-state index contributed by atoms with van der Waals surface area (Å²) in [5.41, 5.74) is 2.96. The van der Waals surface area contributed by atoms with E-state index in [2.05, 4.69) is 36.4 Å². The molecule has 0 aromatic carbocycles. The van der Waals surface area contributed by atoms with Gasteiger partial charge in [0, 0.05) is 12.5 Å². The fraction of sp³-hybridized carbons (Fsp3) is 0.833. The third-order valence-corrected chi connectivity index (χ3v) is 4.63. The molecule has 22 heavy (non-hydrogen) atoms. The van der Waals surface area contributed by atoms with Crippen LogP contribution in [0.15, 0.2) is 0 Å². The number of alkyl carbamates (subject to hydrolysis) is 1. The molecule has 1 fully saturated rings. The van der Waals surface area contributed by atoms with Crippen molar-refractivity contribution in [1.29, 1.82) is 0 Å². The first-order valence-electron chi connectivity index (χ1n) is 8.56. The Morgan fingerprint density at radius 1 is 1.23 bits per heavy atom. The van der Waals surface area contributed by atoms with Gasteiger partial charge in [0.15, 0.2) is 0 Å². The van der Waals surface area contributed by atoms with E-state index < -0.39 is 13.7 Å². The van der Waals surface area contributed by atoms with Crippen LogP contribution in [0.1, 0.15) is 59.3 Å². The Morgan fingerprint density at radius 3 is 2.32 bits per heavy atom. The number of nitrogens with one attached hydrogen (secondary N) is 1. The average molecular weight is 324 g/mol. The molecule has 126 valence electrons. The van der Waals surface area contributed by atoms with Crippen molar-refractivity contribution in [2.24, 2.45) is 5.92 Å². The topological polar surface area (TPSA) is 38.3 Å². The SMILES string of the molecule is CC(C)(C)OC(=O)N[C@H](CC#C[Si](C)(C)C)C1CCCCC1. The summed E-state index contributed by atoms with van der Waals surface area (Å²) in [6.07, 6.45) is 6.66. The van der Waals surface area contributed by atoms with E-state index in [1.807, 2.05) is 20.8 Å². The lowest BCUT2D eigenvalue weighted by atomic mass is 9.83. The highest BCUT2D eigenvalue weighted by Crippen LogP contribution is 2.28. The maximum Gasteiger partial charge on any atom is 0.407 e. The zero-order valence-electron chi connectivity index (χ0n) is 15.2. The Balaban J connectivity index is 2.68. The van der Waals surface area contributed by atoms with Crippen LogP contribution in [0.4, 0.5) is 4.79 Å². The van der Waals surface area contributed by atoms with E-state index in [4.69, 9.17) is 4.74 Å². The molecule has 0 aliphatic heterocycles. The van der Waals surface area contributed by atoms with Gasteiger partial charge in [0.05, 0.1) is 0 Å². The molecule has 1 rings (SSSR count). The van der Waals surface area contributed by atoms with Crippen LogP contribution in [-0.4, -0.2) is 25.8 Å². The highest BCUT2D eigenvalue weighted by atomic mass is 28.3. The number of amides is 1. The summed E-state index contributed by atoms with van der Waals surface area (Å²) in [5.74, 6) is 3.87. The van der Waals surface area contributed by atoms with E-state index >= 15 is 0 Å². The summed E-state index contributed by atoms with van der Waals surface area (Å²) in [6.45, 7) is 12.4. The van der Waals surface area contributed by atoms with Gasteiger partial charge in [-0.1, -0.05) is 38.9 Å². The molecule has 4 heteroatoms. The van der Waals surface area contributed by atoms with Gasteiger partial charge in [-0.3, -0.25) is 0 Å². The Bertz CT molecular complexity index is 417. The molecule has 0 unspecified atom stereocenters. The van der Waals surface area contributed by atoms with Gasteiger partial charge < -0.3 is 10.1 Å². The maximum absolute atomic E-state index is 12.1. The van der Waals surface area contributed by atoms with Crippen LogP contribution in [-0.2, 0) is 4.74 Å². The van der Waals surface area contributed by atoms with Crippen LogP contribution >= 0.6 is 0 Å². The molecule has 3 nitrogen and oxygen atoms in total. The lowest BCUT2D eigenvalue weighted by Gasteiger charge is -2.31. The minimum absolute atomic E-state index is 0.124. The predicted molar refractivity (Wildman–Crippen MR) is 95.5 cm³/mol. The maximum atomic E-state index is 12.1. The van der Waals surface area contributed by atoms with Crippen molar-refractivity contribution < 1.29 is 9.53 Å². The zero-order valence-corrected chi connectivity index (χ0v) is 16.2. The van der Waals surface area contributed by atoms with Crippen molar-refractivity contribution in [3.05, 3.63) is 0 Å². The Hall–Kier alpha value is -0.953. The molecule has 0 radical (unpaired) electrons. The Labute approximate surface area is 137 Å². The molecule has 1 saturated carbocycles. The van der Waals surface area contributed by atoms with Crippen molar-refractivity contribution in [3.63, 3.8) is 0 Å². The first-order valence-corrected chi connectivity index (χ1v) is 12.1. The summed E-state index contributed by atoms with van der Waals surface area (Å²) >= 11 is 0. The molecule has 0 spiro atoms. The molecule has 1 aliphatic rings. The average Bonchev–Trinajstić information content (AvgIpc) is 2.35. The predicted octanol–water partition coefficient (Wildman–Crippen LogP) is 4.73. The lowest BCUT2D eigenvalue weighted by Crippen LogP contribution is -2.43. The largest absolute Gasteiger partial charge is 0.444 e. The number of carbonyl (C=O) groups is 1. The number of hydrogen-bond donors (Lipinski definition) is 1. The van der Waals surface area contributed by atoms with E-state index in [1.54, 1.807) is 0 Å². The van der Waals surface area contributed by atoms with Crippen LogP contribution in [0.2, 0.25) is 19.6 Å². The molecular formula is C18H33NO2Si. The number of carbonyl (C=O) groups excluding carboxylic acids is 1. The molecule has 0 bridgehead atoms. The van der Waals surface area contributed by atoms with E-state index in [0.29, 0.717) is 5.92 Å². The van der Waals surface area contributed by atoms with Crippen LogP contribution in [0.3, 0.4) is 0 Å². The monoisotopic (exact) mass is 323 g/mol. The third-order valence-electron chi connectivity index (χ3n) is 3.71. The zero-order chi connectivity index (χ0) is 16.8. The van der Waals surface area contributed by atoms with E-state index in [0.717, 1.165) is 6.42 Å². The fourth-order valence-electron chi connectivity index (χ4n) is 2.76. The molecule has 1 atom stereocenters. The molecule has 1 N–H and O–H groups in total. The van der Waals surface area contributed by atoms with E-state index in [1.165, 1.54) is 32.1 Å². The summed E-state index contributed by atoms with van der Waals surface area (Å²) in [5, 5.41) is 3.08. The van der Waals surface area contributed by atoms with Gasteiger partial charge in [-0.25, -0.2) is 4.79 Å². The van der Waals surface area contributed by atoms with Crippen LogP contribution in [0, 0.1) is 17.4 Å². The van der Waals surface area contributed by atoms with E-state index in [-0.39, 0.29) is 12.1 Å². The lowest BCUT2D eigenvalue weighted by molar-refractivity contribution is 0.0479. The second kappa shape index (κ2) is 8.06. The fourth-order valence-corrected chi connectivity index (χ4v) is 3.39. The van der Waals surface area contributed by atoms with Gasteiger partial charge in [0.1, 0.15) is 13.7 Å². The Kier molecular flexibility index (Phi) is 6.99. The highest BCUT2D eigenvalue weighted by molar-refractivity contribution is 6.83. The number of rotatable bonds is 3. The molecule has 1 amide bonds. The molecule has 0 heterocycles.